The van der Waals surface area contributed by atoms with Crippen LogP contribution >= 0.6 is 11.8 Å². The number of benzene rings is 1. The van der Waals surface area contributed by atoms with Crippen LogP contribution < -0.4 is 15.8 Å². The van der Waals surface area contributed by atoms with Gasteiger partial charge in [0.2, 0.25) is 11.8 Å². The smallest absolute Gasteiger partial charge is 0.255 e. The first-order valence-corrected chi connectivity index (χ1v) is 9.52. The number of amides is 2. The second-order valence-electron chi connectivity index (χ2n) is 6.15. The molecule has 3 N–H and O–H groups in total. The van der Waals surface area contributed by atoms with Crippen molar-refractivity contribution in [2.45, 2.75) is 30.5 Å². The monoisotopic (exact) mass is 377 g/mol. The first-order chi connectivity index (χ1) is 12.5. The van der Waals surface area contributed by atoms with Crippen molar-refractivity contribution in [1.82, 2.24) is 10.3 Å². The molecule has 0 bridgehead atoms. The molecule has 2 amide bonds. The maximum absolute atomic E-state index is 13.9. The molecule has 26 heavy (non-hydrogen) atoms. The summed E-state index contributed by atoms with van der Waals surface area (Å²) in [6.07, 6.45) is 2.46. The molecule has 6 nitrogen and oxygen atoms in total. The van der Waals surface area contributed by atoms with Gasteiger partial charge in [-0.15, -0.1) is 11.8 Å². The van der Waals surface area contributed by atoms with E-state index in [4.69, 9.17) is 10.5 Å². The number of alkyl halides is 1. The molecule has 1 fully saturated rings. The zero-order chi connectivity index (χ0) is 18.8. The van der Waals surface area contributed by atoms with Crippen LogP contribution in [0, 0.1) is 5.92 Å². The molecule has 0 spiro atoms. The highest BCUT2D eigenvalue weighted by Crippen LogP contribution is 2.31. The molecule has 0 radical (unpaired) electrons. The highest BCUT2D eigenvalue weighted by Gasteiger charge is 2.41. The Kier molecular flexibility index (Phi) is 5.31. The van der Waals surface area contributed by atoms with Crippen molar-refractivity contribution in [1.29, 1.82) is 0 Å². The van der Waals surface area contributed by atoms with E-state index in [0.717, 1.165) is 15.7 Å². The van der Waals surface area contributed by atoms with E-state index >= 15 is 0 Å². The molecule has 1 aliphatic rings. The standard InChI is InChI=1S/C18H20FN3O3S/c1-3-10-13(22-17(24)15(10)19)8-25-18-11-7-14(26-2)12(16(20)23)6-9(11)4-5-21-18/h4-7,10,13,15H,3,8H2,1-2H3,(H2,20,23)(H,22,24)/t10-,13+,15-/m0/s1. The molecule has 2 heterocycles. The number of nitrogens with zero attached hydrogens (tertiary/aromatic N) is 1. The van der Waals surface area contributed by atoms with E-state index in [-0.39, 0.29) is 6.61 Å². The molecule has 1 aromatic heterocycles. The van der Waals surface area contributed by atoms with Crippen LogP contribution in [0.4, 0.5) is 4.39 Å². The fourth-order valence-electron chi connectivity index (χ4n) is 3.24. The number of pyridine rings is 1. The second kappa shape index (κ2) is 7.49. The Morgan fingerprint density at radius 2 is 2.23 bits per heavy atom. The number of fused-ring (bicyclic) bond motifs is 1. The molecule has 3 rings (SSSR count). The first kappa shape index (κ1) is 18.4. The topological polar surface area (TPSA) is 94.3 Å². The van der Waals surface area contributed by atoms with E-state index in [1.165, 1.54) is 11.8 Å². The lowest BCUT2D eigenvalue weighted by Gasteiger charge is -2.19. The number of nitrogens with one attached hydrogen (secondary N) is 1. The Bertz CT molecular complexity index is 861. The summed E-state index contributed by atoms with van der Waals surface area (Å²) in [7, 11) is 0. The number of rotatable bonds is 6. The number of carbonyl (C=O) groups is 2. The fourth-order valence-corrected chi connectivity index (χ4v) is 3.86. The van der Waals surface area contributed by atoms with Crippen LogP contribution in [0.15, 0.2) is 29.3 Å². The average Bonchev–Trinajstić information content (AvgIpc) is 2.91. The molecule has 0 saturated carbocycles. The Morgan fingerprint density at radius 3 is 2.88 bits per heavy atom. The van der Waals surface area contributed by atoms with E-state index in [1.54, 1.807) is 18.3 Å². The first-order valence-electron chi connectivity index (χ1n) is 8.30. The number of thioether (sulfide) groups is 1. The van der Waals surface area contributed by atoms with Crippen molar-refractivity contribution in [3.63, 3.8) is 0 Å². The SMILES string of the molecule is CC[C@@H]1[C@H](F)C(=O)N[C@@H]1COc1nccc2cc(C(N)=O)c(SC)cc12. The summed E-state index contributed by atoms with van der Waals surface area (Å²) in [6.45, 7) is 1.97. The van der Waals surface area contributed by atoms with Gasteiger partial charge in [-0.05, 0) is 36.3 Å². The van der Waals surface area contributed by atoms with Crippen LogP contribution in [0.3, 0.4) is 0 Å². The molecule has 1 aliphatic heterocycles. The van der Waals surface area contributed by atoms with Crippen LogP contribution in [0.25, 0.3) is 10.8 Å². The maximum Gasteiger partial charge on any atom is 0.255 e. The molecule has 2 aromatic rings. The van der Waals surface area contributed by atoms with Crippen LogP contribution in [-0.4, -0.2) is 41.9 Å². The fraction of sp³-hybridized carbons (Fsp3) is 0.389. The van der Waals surface area contributed by atoms with Gasteiger partial charge in [-0.1, -0.05) is 6.92 Å². The number of primary amides is 1. The predicted octanol–water partition coefficient (Wildman–Crippen LogP) is 2.30. The summed E-state index contributed by atoms with van der Waals surface area (Å²) < 4.78 is 19.7. The lowest BCUT2D eigenvalue weighted by molar-refractivity contribution is -0.123. The van der Waals surface area contributed by atoms with E-state index in [9.17, 15) is 14.0 Å². The molecule has 1 saturated heterocycles. The van der Waals surface area contributed by atoms with Crippen molar-refractivity contribution in [2.75, 3.05) is 12.9 Å². The van der Waals surface area contributed by atoms with Gasteiger partial charge in [0, 0.05) is 22.4 Å². The number of aromatic nitrogens is 1. The predicted molar refractivity (Wildman–Crippen MR) is 98.1 cm³/mol. The van der Waals surface area contributed by atoms with Crippen molar-refractivity contribution in [2.24, 2.45) is 11.7 Å². The van der Waals surface area contributed by atoms with Crippen molar-refractivity contribution >= 4 is 34.3 Å². The minimum Gasteiger partial charge on any atom is -0.475 e. The van der Waals surface area contributed by atoms with Crippen LogP contribution in [0.1, 0.15) is 23.7 Å². The van der Waals surface area contributed by atoms with Gasteiger partial charge in [-0.25, -0.2) is 9.37 Å². The zero-order valence-electron chi connectivity index (χ0n) is 14.5. The molecule has 1 aromatic carbocycles. The number of hydrogen-bond acceptors (Lipinski definition) is 5. The molecular formula is C18H20FN3O3S. The number of ether oxygens (including phenoxy) is 1. The van der Waals surface area contributed by atoms with Crippen molar-refractivity contribution in [3.8, 4) is 5.88 Å². The minimum absolute atomic E-state index is 0.128. The third-order valence-corrected chi connectivity index (χ3v) is 5.43. The van der Waals surface area contributed by atoms with Gasteiger partial charge >= 0.3 is 0 Å². The van der Waals surface area contributed by atoms with Gasteiger partial charge in [0.25, 0.3) is 5.91 Å². The molecule has 138 valence electrons. The summed E-state index contributed by atoms with van der Waals surface area (Å²) in [5.41, 5.74) is 5.88. The van der Waals surface area contributed by atoms with Crippen LogP contribution in [0.2, 0.25) is 0 Å². The Labute approximate surface area is 154 Å². The van der Waals surface area contributed by atoms with Gasteiger partial charge in [0.05, 0.1) is 11.6 Å². The molecular weight excluding hydrogens is 357 g/mol. The minimum atomic E-state index is -1.50. The summed E-state index contributed by atoms with van der Waals surface area (Å²) in [5, 5.41) is 4.14. The lowest BCUT2D eigenvalue weighted by atomic mass is 9.97. The number of hydrogen-bond donors (Lipinski definition) is 2. The third-order valence-electron chi connectivity index (χ3n) is 4.66. The zero-order valence-corrected chi connectivity index (χ0v) is 15.3. The van der Waals surface area contributed by atoms with E-state index < -0.39 is 29.9 Å². The highest BCUT2D eigenvalue weighted by atomic mass is 32.2. The van der Waals surface area contributed by atoms with Crippen LogP contribution in [0.5, 0.6) is 5.88 Å². The normalized spacial score (nSPS) is 22.4. The molecule has 8 heteroatoms. The molecule has 3 atom stereocenters. The van der Waals surface area contributed by atoms with Gasteiger partial charge in [0.15, 0.2) is 6.17 Å². The quantitative estimate of drug-likeness (QED) is 0.754. The number of nitrogens with two attached hydrogens (primary N) is 1. The van der Waals surface area contributed by atoms with E-state index in [0.29, 0.717) is 17.9 Å². The Balaban J connectivity index is 1.89. The summed E-state index contributed by atoms with van der Waals surface area (Å²) in [6, 6.07) is 4.89. The Morgan fingerprint density at radius 1 is 1.46 bits per heavy atom. The summed E-state index contributed by atoms with van der Waals surface area (Å²) in [5.74, 6) is -1.13. The maximum atomic E-state index is 13.9. The van der Waals surface area contributed by atoms with Crippen molar-refractivity contribution in [3.05, 3.63) is 30.0 Å². The van der Waals surface area contributed by atoms with Crippen molar-refractivity contribution < 1.29 is 18.7 Å². The third kappa shape index (κ3) is 3.33. The van der Waals surface area contributed by atoms with E-state index in [1.807, 2.05) is 19.2 Å². The molecule has 0 unspecified atom stereocenters. The van der Waals surface area contributed by atoms with E-state index in [2.05, 4.69) is 10.3 Å². The average molecular weight is 377 g/mol. The Hall–Kier alpha value is -2.35. The van der Waals surface area contributed by atoms with Gasteiger partial charge in [-0.2, -0.15) is 0 Å². The highest BCUT2D eigenvalue weighted by molar-refractivity contribution is 7.98. The van der Waals surface area contributed by atoms with Crippen LogP contribution in [-0.2, 0) is 4.79 Å². The number of halogens is 1. The van der Waals surface area contributed by atoms with Gasteiger partial charge < -0.3 is 15.8 Å². The largest absolute Gasteiger partial charge is 0.475 e. The second-order valence-corrected chi connectivity index (χ2v) is 7.00. The molecule has 0 aliphatic carbocycles. The van der Waals surface area contributed by atoms with Gasteiger partial charge in [0.1, 0.15) is 6.61 Å². The lowest BCUT2D eigenvalue weighted by Crippen LogP contribution is -2.34. The van der Waals surface area contributed by atoms with Gasteiger partial charge in [-0.3, -0.25) is 9.59 Å². The number of carbonyl (C=O) groups excluding carboxylic acids is 2. The summed E-state index contributed by atoms with van der Waals surface area (Å²) in [4.78, 5) is 28.2. The summed E-state index contributed by atoms with van der Waals surface area (Å²) >= 11 is 1.40.